The first-order valence-corrected chi connectivity index (χ1v) is 7.24. The second kappa shape index (κ2) is 4.11. The fourth-order valence-corrected chi connectivity index (χ4v) is 3.06. The third-order valence-electron chi connectivity index (χ3n) is 4.09. The second-order valence-electron chi connectivity index (χ2n) is 8.35. The molecule has 1 aromatic carbocycles. The van der Waals surface area contributed by atoms with Gasteiger partial charge < -0.3 is 0 Å². The molecule has 18 heavy (non-hydrogen) atoms. The number of hydrogen-bond acceptors (Lipinski definition) is 0. The van der Waals surface area contributed by atoms with Gasteiger partial charge in [0, 0.05) is 0 Å². The first-order valence-electron chi connectivity index (χ1n) is 7.24. The standard InChI is InChI=1S/C18H28/c1-16(2,3)13-18(11-12-18)15-9-7-14(8-10-15)17(4,5)6/h7-10H,11-13H2,1-6H3. The number of hydrogen-bond donors (Lipinski definition) is 0. The SMILES string of the molecule is CC(C)(C)CC1(c2ccc(C(C)(C)C)cc2)CC1. The second-order valence-corrected chi connectivity index (χ2v) is 8.35. The van der Waals surface area contributed by atoms with Crippen molar-refractivity contribution in [2.45, 2.75) is 71.6 Å². The molecule has 0 heterocycles. The van der Waals surface area contributed by atoms with Gasteiger partial charge in [-0.25, -0.2) is 0 Å². The summed E-state index contributed by atoms with van der Waals surface area (Å²) in [5.74, 6) is 0. The van der Waals surface area contributed by atoms with Crippen LogP contribution >= 0.6 is 0 Å². The van der Waals surface area contributed by atoms with Gasteiger partial charge in [-0.05, 0) is 46.6 Å². The Bertz CT molecular complexity index is 405. The van der Waals surface area contributed by atoms with Crippen LogP contribution in [-0.4, -0.2) is 0 Å². The Labute approximate surface area is 113 Å². The summed E-state index contributed by atoms with van der Waals surface area (Å²) < 4.78 is 0. The van der Waals surface area contributed by atoms with Crippen molar-refractivity contribution in [2.75, 3.05) is 0 Å². The van der Waals surface area contributed by atoms with Crippen LogP contribution in [-0.2, 0) is 10.8 Å². The Morgan fingerprint density at radius 3 is 1.72 bits per heavy atom. The van der Waals surface area contributed by atoms with E-state index in [0.29, 0.717) is 10.8 Å². The van der Waals surface area contributed by atoms with E-state index in [4.69, 9.17) is 0 Å². The van der Waals surface area contributed by atoms with Gasteiger partial charge in [0.2, 0.25) is 0 Å². The molecule has 100 valence electrons. The van der Waals surface area contributed by atoms with Crippen molar-refractivity contribution in [3.05, 3.63) is 35.4 Å². The molecule has 0 unspecified atom stereocenters. The van der Waals surface area contributed by atoms with Crippen LogP contribution in [0.25, 0.3) is 0 Å². The molecular weight excluding hydrogens is 216 g/mol. The lowest BCUT2D eigenvalue weighted by atomic mass is 9.78. The molecule has 0 spiro atoms. The predicted molar refractivity (Wildman–Crippen MR) is 80.1 cm³/mol. The molecule has 1 fully saturated rings. The molecule has 0 amide bonds. The lowest BCUT2D eigenvalue weighted by Crippen LogP contribution is -2.18. The summed E-state index contributed by atoms with van der Waals surface area (Å²) in [5, 5.41) is 0. The lowest BCUT2D eigenvalue weighted by Gasteiger charge is -2.27. The first kappa shape index (κ1) is 13.6. The molecule has 0 aliphatic heterocycles. The normalized spacial score (nSPS) is 18.8. The predicted octanol–water partition coefficient (Wildman–Crippen LogP) is 5.45. The first-order chi connectivity index (χ1) is 8.12. The zero-order valence-corrected chi connectivity index (χ0v) is 12.9. The Balaban J connectivity index is 2.20. The minimum absolute atomic E-state index is 0.263. The van der Waals surface area contributed by atoms with Crippen molar-refractivity contribution < 1.29 is 0 Å². The van der Waals surface area contributed by atoms with Crippen molar-refractivity contribution in [1.82, 2.24) is 0 Å². The smallest absolute Gasteiger partial charge is 0.00414 e. The van der Waals surface area contributed by atoms with Gasteiger partial charge in [-0.1, -0.05) is 65.8 Å². The van der Waals surface area contributed by atoms with Gasteiger partial charge in [0.05, 0.1) is 0 Å². The summed E-state index contributed by atoms with van der Waals surface area (Å²) in [6, 6.07) is 9.41. The highest BCUT2D eigenvalue weighted by Crippen LogP contribution is 2.54. The maximum absolute atomic E-state index is 2.37. The van der Waals surface area contributed by atoms with Crippen molar-refractivity contribution >= 4 is 0 Å². The lowest BCUT2D eigenvalue weighted by molar-refractivity contribution is 0.329. The van der Waals surface area contributed by atoms with Crippen molar-refractivity contribution in [1.29, 1.82) is 0 Å². The average Bonchev–Trinajstić information content (AvgIpc) is 2.95. The van der Waals surface area contributed by atoms with Crippen LogP contribution in [0.1, 0.15) is 71.9 Å². The van der Waals surface area contributed by atoms with Crippen molar-refractivity contribution in [3.63, 3.8) is 0 Å². The van der Waals surface area contributed by atoms with E-state index in [9.17, 15) is 0 Å². The fourth-order valence-electron chi connectivity index (χ4n) is 3.06. The molecule has 2 rings (SSSR count). The summed E-state index contributed by atoms with van der Waals surface area (Å²) in [6.45, 7) is 13.9. The molecule has 1 saturated carbocycles. The zero-order chi connectivity index (χ0) is 13.6. The van der Waals surface area contributed by atoms with Crippen LogP contribution in [0.15, 0.2) is 24.3 Å². The summed E-state index contributed by atoms with van der Waals surface area (Å²) >= 11 is 0. The van der Waals surface area contributed by atoms with Crippen molar-refractivity contribution in [2.24, 2.45) is 5.41 Å². The van der Waals surface area contributed by atoms with Crippen LogP contribution in [0.4, 0.5) is 0 Å². The van der Waals surface area contributed by atoms with Gasteiger partial charge in [-0.3, -0.25) is 0 Å². The third-order valence-corrected chi connectivity index (χ3v) is 4.09. The van der Waals surface area contributed by atoms with E-state index in [-0.39, 0.29) is 5.41 Å². The highest BCUT2D eigenvalue weighted by molar-refractivity contribution is 5.36. The van der Waals surface area contributed by atoms with E-state index >= 15 is 0 Å². The largest absolute Gasteiger partial charge is 0.0601 e. The molecule has 0 saturated heterocycles. The van der Waals surface area contributed by atoms with E-state index in [1.54, 1.807) is 5.56 Å². The van der Waals surface area contributed by atoms with E-state index in [1.807, 2.05) is 0 Å². The highest BCUT2D eigenvalue weighted by atomic mass is 14.5. The van der Waals surface area contributed by atoms with Gasteiger partial charge in [-0.2, -0.15) is 0 Å². The quantitative estimate of drug-likeness (QED) is 0.648. The summed E-state index contributed by atoms with van der Waals surface area (Å²) in [4.78, 5) is 0. The molecule has 0 atom stereocenters. The minimum Gasteiger partial charge on any atom is -0.0601 e. The van der Waals surface area contributed by atoms with Gasteiger partial charge in [0.15, 0.2) is 0 Å². The minimum atomic E-state index is 0.263. The Morgan fingerprint density at radius 1 is 0.889 bits per heavy atom. The molecule has 1 aliphatic rings. The molecule has 0 aromatic heterocycles. The Kier molecular flexibility index (Phi) is 3.12. The topological polar surface area (TPSA) is 0 Å². The van der Waals surface area contributed by atoms with Gasteiger partial charge in [-0.15, -0.1) is 0 Å². The number of rotatable bonds is 2. The third kappa shape index (κ3) is 2.96. The van der Waals surface area contributed by atoms with Gasteiger partial charge in [0.1, 0.15) is 0 Å². The summed E-state index contributed by atoms with van der Waals surface area (Å²) in [7, 11) is 0. The average molecular weight is 244 g/mol. The zero-order valence-electron chi connectivity index (χ0n) is 12.9. The molecule has 0 bridgehead atoms. The number of benzene rings is 1. The van der Waals surface area contributed by atoms with E-state index in [1.165, 1.54) is 24.8 Å². The Morgan fingerprint density at radius 2 is 1.39 bits per heavy atom. The van der Waals surface area contributed by atoms with E-state index in [0.717, 1.165) is 0 Å². The highest BCUT2D eigenvalue weighted by Gasteiger charge is 2.46. The van der Waals surface area contributed by atoms with Crippen LogP contribution in [0.3, 0.4) is 0 Å². The Hall–Kier alpha value is -0.780. The van der Waals surface area contributed by atoms with Crippen LogP contribution < -0.4 is 0 Å². The van der Waals surface area contributed by atoms with E-state index in [2.05, 4.69) is 65.8 Å². The molecule has 0 heteroatoms. The fraction of sp³-hybridized carbons (Fsp3) is 0.667. The molecule has 0 radical (unpaired) electrons. The van der Waals surface area contributed by atoms with Crippen LogP contribution in [0, 0.1) is 5.41 Å². The maximum Gasteiger partial charge on any atom is -0.00414 e. The molecule has 1 aliphatic carbocycles. The van der Waals surface area contributed by atoms with Crippen LogP contribution in [0.5, 0.6) is 0 Å². The van der Waals surface area contributed by atoms with Crippen LogP contribution in [0.2, 0.25) is 0 Å². The van der Waals surface area contributed by atoms with Gasteiger partial charge >= 0.3 is 0 Å². The molecule has 0 nitrogen and oxygen atoms in total. The van der Waals surface area contributed by atoms with Crippen molar-refractivity contribution in [3.8, 4) is 0 Å². The molecule has 0 N–H and O–H groups in total. The summed E-state index contributed by atoms with van der Waals surface area (Å²) in [6.07, 6.45) is 4.06. The molecule has 1 aromatic rings. The van der Waals surface area contributed by atoms with Gasteiger partial charge in [0.25, 0.3) is 0 Å². The molecular formula is C18H28. The van der Waals surface area contributed by atoms with E-state index < -0.39 is 0 Å². The summed E-state index contributed by atoms with van der Waals surface area (Å²) in [5.41, 5.74) is 4.19. The monoisotopic (exact) mass is 244 g/mol. The maximum atomic E-state index is 2.37.